The van der Waals surface area contributed by atoms with Gasteiger partial charge in [-0.15, -0.1) is 0 Å². The van der Waals surface area contributed by atoms with Crippen molar-refractivity contribution in [1.29, 1.82) is 0 Å². The molecule has 0 bridgehead atoms. The van der Waals surface area contributed by atoms with Crippen molar-refractivity contribution in [2.45, 2.75) is 40.2 Å². The van der Waals surface area contributed by atoms with Crippen molar-refractivity contribution in [2.75, 3.05) is 31.6 Å². The minimum absolute atomic E-state index is 0.678. The zero-order valence-corrected chi connectivity index (χ0v) is 16.4. The summed E-state index contributed by atoms with van der Waals surface area (Å²) in [7, 11) is 0. The smallest absolute Gasteiger partial charge is 0.195 e. The van der Waals surface area contributed by atoms with Crippen LogP contribution in [0.1, 0.15) is 31.2 Å². The molecule has 146 valence electrons. The number of hydrogen-bond acceptors (Lipinski definition) is 4. The number of nitrogens with zero attached hydrogens (tertiary/aromatic N) is 3. The largest absolute Gasteiger partial charge is 0.490 e. The first-order chi connectivity index (χ1) is 13.2. The fourth-order valence-electron chi connectivity index (χ4n) is 3.00. The molecular formula is C20H29N5O2. The van der Waals surface area contributed by atoms with Crippen molar-refractivity contribution in [3.05, 3.63) is 35.7 Å². The molecule has 1 aliphatic heterocycles. The van der Waals surface area contributed by atoms with E-state index >= 15 is 0 Å². The van der Waals surface area contributed by atoms with Crippen molar-refractivity contribution >= 4 is 11.6 Å². The number of guanidine groups is 1. The Bertz CT molecular complexity index is 785. The molecule has 0 saturated carbocycles. The lowest BCUT2D eigenvalue weighted by molar-refractivity contribution is 0.297. The first-order valence-corrected chi connectivity index (χ1v) is 9.61. The number of aromatic nitrogens is 2. The Morgan fingerprint density at radius 3 is 2.74 bits per heavy atom. The highest BCUT2D eigenvalue weighted by atomic mass is 16.5. The third kappa shape index (κ3) is 5.39. The normalized spacial score (nSPS) is 14.0. The van der Waals surface area contributed by atoms with Gasteiger partial charge in [0.15, 0.2) is 17.5 Å². The highest BCUT2D eigenvalue weighted by molar-refractivity contribution is 5.93. The number of benzene rings is 1. The van der Waals surface area contributed by atoms with Gasteiger partial charge in [-0.05, 0) is 45.4 Å². The van der Waals surface area contributed by atoms with Crippen molar-refractivity contribution in [2.24, 2.45) is 4.99 Å². The number of ether oxygens (including phenoxy) is 2. The van der Waals surface area contributed by atoms with Gasteiger partial charge in [-0.25, -0.2) is 0 Å². The number of rotatable bonds is 6. The Morgan fingerprint density at radius 2 is 2.00 bits per heavy atom. The first-order valence-electron chi connectivity index (χ1n) is 9.61. The van der Waals surface area contributed by atoms with Crippen LogP contribution in [0.3, 0.4) is 0 Å². The molecule has 7 nitrogen and oxygen atoms in total. The van der Waals surface area contributed by atoms with E-state index in [-0.39, 0.29) is 0 Å². The summed E-state index contributed by atoms with van der Waals surface area (Å²) in [5.74, 6) is 2.34. The summed E-state index contributed by atoms with van der Waals surface area (Å²) in [6.07, 6.45) is 1.83. The van der Waals surface area contributed by atoms with E-state index in [2.05, 4.69) is 40.6 Å². The molecule has 27 heavy (non-hydrogen) atoms. The molecule has 1 aromatic heterocycles. The van der Waals surface area contributed by atoms with Crippen LogP contribution in [0, 0.1) is 13.8 Å². The van der Waals surface area contributed by atoms with E-state index in [1.54, 1.807) is 0 Å². The summed E-state index contributed by atoms with van der Waals surface area (Å²) in [6.45, 7) is 9.92. The van der Waals surface area contributed by atoms with Gasteiger partial charge >= 0.3 is 0 Å². The molecule has 1 aliphatic rings. The van der Waals surface area contributed by atoms with Gasteiger partial charge in [0.05, 0.1) is 18.9 Å². The van der Waals surface area contributed by atoms with Gasteiger partial charge in [0.2, 0.25) is 0 Å². The highest BCUT2D eigenvalue weighted by Gasteiger charge is 2.11. The molecule has 1 aromatic carbocycles. The molecule has 0 aliphatic carbocycles. The van der Waals surface area contributed by atoms with Gasteiger partial charge in [-0.3, -0.25) is 9.67 Å². The zero-order valence-electron chi connectivity index (χ0n) is 16.4. The molecule has 0 amide bonds. The number of aryl methyl sites for hydroxylation is 3. The van der Waals surface area contributed by atoms with Crippen LogP contribution in [0.2, 0.25) is 0 Å². The van der Waals surface area contributed by atoms with Gasteiger partial charge in [-0.1, -0.05) is 0 Å². The predicted molar refractivity (Wildman–Crippen MR) is 108 cm³/mol. The minimum Gasteiger partial charge on any atom is -0.490 e. The summed E-state index contributed by atoms with van der Waals surface area (Å²) < 4.78 is 13.5. The van der Waals surface area contributed by atoms with Crippen LogP contribution in [0.25, 0.3) is 0 Å². The molecule has 2 heterocycles. The Morgan fingerprint density at radius 1 is 1.19 bits per heavy atom. The summed E-state index contributed by atoms with van der Waals surface area (Å²) in [4.78, 5) is 4.67. The standard InChI is InChI=1S/C20H29N5O2/c1-4-21-20(22-9-5-10-25-16(3)13-15(2)24-25)23-17-7-8-18-19(14-17)27-12-6-11-26-18/h7-8,13-14H,4-6,9-12H2,1-3H3,(H2,21,22,23). The lowest BCUT2D eigenvalue weighted by atomic mass is 10.3. The second-order valence-corrected chi connectivity index (χ2v) is 6.60. The van der Waals surface area contributed by atoms with Gasteiger partial charge in [0.25, 0.3) is 0 Å². The van der Waals surface area contributed by atoms with Gasteiger partial charge < -0.3 is 20.1 Å². The molecule has 3 rings (SSSR count). The van der Waals surface area contributed by atoms with Gasteiger partial charge in [0.1, 0.15) is 0 Å². The summed E-state index contributed by atoms with van der Waals surface area (Å²) in [5, 5.41) is 11.1. The zero-order chi connectivity index (χ0) is 19.1. The van der Waals surface area contributed by atoms with Crippen molar-refractivity contribution in [3.8, 4) is 11.5 Å². The van der Waals surface area contributed by atoms with E-state index in [1.807, 2.05) is 29.8 Å². The van der Waals surface area contributed by atoms with Gasteiger partial charge in [-0.2, -0.15) is 5.10 Å². The predicted octanol–water partition coefficient (Wildman–Crippen LogP) is 3.13. The molecule has 7 heteroatoms. The van der Waals surface area contributed by atoms with E-state index < -0.39 is 0 Å². The van der Waals surface area contributed by atoms with Crippen LogP contribution in [-0.4, -0.2) is 42.0 Å². The van der Waals surface area contributed by atoms with Crippen molar-refractivity contribution < 1.29 is 9.47 Å². The van der Waals surface area contributed by atoms with E-state index in [4.69, 9.17) is 9.47 Å². The molecule has 2 N–H and O–H groups in total. The first kappa shape index (κ1) is 19.1. The Hall–Kier alpha value is -2.70. The van der Waals surface area contributed by atoms with Crippen molar-refractivity contribution in [3.63, 3.8) is 0 Å². The Kier molecular flexibility index (Phi) is 6.57. The van der Waals surface area contributed by atoms with Crippen LogP contribution in [-0.2, 0) is 6.54 Å². The van der Waals surface area contributed by atoms with E-state index in [1.165, 1.54) is 5.69 Å². The molecule has 0 fully saturated rings. The van der Waals surface area contributed by atoms with Crippen LogP contribution in [0.15, 0.2) is 29.3 Å². The number of aliphatic imine (C=N–C) groups is 1. The van der Waals surface area contributed by atoms with Crippen molar-refractivity contribution in [1.82, 2.24) is 15.1 Å². The second-order valence-electron chi connectivity index (χ2n) is 6.60. The highest BCUT2D eigenvalue weighted by Crippen LogP contribution is 2.32. The average Bonchev–Trinajstić information content (AvgIpc) is 2.83. The number of hydrogen-bond donors (Lipinski definition) is 2. The SMILES string of the molecule is CCNC(=NCCCn1nc(C)cc1C)Nc1ccc2c(c1)OCCCO2. The topological polar surface area (TPSA) is 72.7 Å². The molecule has 2 aromatic rings. The van der Waals surface area contributed by atoms with E-state index in [9.17, 15) is 0 Å². The molecule has 0 spiro atoms. The quantitative estimate of drug-likeness (QED) is 0.464. The molecule has 0 saturated heterocycles. The second kappa shape index (κ2) is 9.30. The van der Waals surface area contributed by atoms with Crippen LogP contribution >= 0.6 is 0 Å². The van der Waals surface area contributed by atoms with Crippen LogP contribution in [0.4, 0.5) is 5.69 Å². The van der Waals surface area contributed by atoms with Gasteiger partial charge in [0, 0.05) is 43.5 Å². The fourth-order valence-corrected chi connectivity index (χ4v) is 3.00. The molecule has 0 atom stereocenters. The number of fused-ring (bicyclic) bond motifs is 1. The fraction of sp³-hybridized carbons (Fsp3) is 0.500. The summed E-state index contributed by atoms with van der Waals surface area (Å²) in [6, 6.07) is 7.98. The summed E-state index contributed by atoms with van der Waals surface area (Å²) >= 11 is 0. The molecule has 0 unspecified atom stereocenters. The maximum atomic E-state index is 5.76. The van der Waals surface area contributed by atoms with Crippen LogP contribution in [0.5, 0.6) is 11.5 Å². The minimum atomic E-state index is 0.678. The monoisotopic (exact) mass is 371 g/mol. The maximum Gasteiger partial charge on any atom is 0.195 e. The Labute approximate surface area is 160 Å². The van der Waals surface area contributed by atoms with E-state index in [0.29, 0.717) is 13.2 Å². The molecular weight excluding hydrogens is 342 g/mol. The molecule has 0 radical (unpaired) electrons. The lowest BCUT2D eigenvalue weighted by Crippen LogP contribution is -2.30. The number of nitrogens with one attached hydrogen (secondary N) is 2. The van der Waals surface area contributed by atoms with E-state index in [0.717, 1.165) is 61.3 Å². The lowest BCUT2D eigenvalue weighted by Gasteiger charge is -2.13. The van der Waals surface area contributed by atoms with Crippen LogP contribution < -0.4 is 20.1 Å². The average molecular weight is 371 g/mol. The Balaban J connectivity index is 1.58. The number of anilines is 1. The summed E-state index contributed by atoms with van der Waals surface area (Å²) in [5.41, 5.74) is 3.17. The maximum absolute atomic E-state index is 5.76. The third-order valence-electron chi connectivity index (χ3n) is 4.26. The third-order valence-corrected chi connectivity index (χ3v) is 4.26.